The quantitative estimate of drug-likeness (QED) is 0.523. The van der Waals surface area contributed by atoms with Crippen molar-refractivity contribution in [1.29, 1.82) is 5.26 Å². The topological polar surface area (TPSA) is 108 Å². The predicted octanol–water partition coefficient (Wildman–Crippen LogP) is 3.91. The molecule has 0 aliphatic carbocycles. The highest BCUT2D eigenvalue weighted by Crippen LogP contribution is 2.29. The molecule has 0 saturated heterocycles. The van der Waals surface area contributed by atoms with Crippen molar-refractivity contribution < 1.29 is 19.1 Å². The van der Waals surface area contributed by atoms with E-state index < -0.39 is 23.6 Å². The van der Waals surface area contributed by atoms with Crippen molar-refractivity contribution >= 4 is 17.6 Å². The molecule has 170 valence electrons. The number of rotatable bonds is 8. The largest absolute Gasteiger partial charge is 0.459 e. The van der Waals surface area contributed by atoms with Gasteiger partial charge in [0.25, 0.3) is 0 Å². The molecular formula is C25H26N4O4. The number of aromatic nitrogens is 2. The van der Waals surface area contributed by atoms with Gasteiger partial charge in [-0.15, -0.1) is 0 Å². The second-order valence-electron chi connectivity index (χ2n) is 8.37. The molecule has 2 aromatic carbocycles. The van der Waals surface area contributed by atoms with Crippen LogP contribution in [0.2, 0.25) is 0 Å². The smallest absolute Gasteiger partial charge is 0.335 e. The summed E-state index contributed by atoms with van der Waals surface area (Å²) < 4.78 is 11.1. The van der Waals surface area contributed by atoms with Gasteiger partial charge in [-0.25, -0.2) is 9.78 Å². The Morgan fingerprint density at radius 2 is 1.91 bits per heavy atom. The summed E-state index contributed by atoms with van der Waals surface area (Å²) in [5.74, 6) is -1.11. The standard InChI is InChI=1S/C25H26N4O4/c1-25(2,3)33-24(31)23(21-14-27-17-28-21)29(20-11-7-10-19(12-20)13-26)15-22(30)32-16-18-8-5-4-6-9-18/h4-12,14,17,23H,15-16H2,1-3H3,(H,27,28). The van der Waals surface area contributed by atoms with Gasteiger partial charge in [-0.1, -0.05) is 36.4 Å². The zero-order valence-electron chi connectivity index (χ0n) is 18.8. The number of esters is 2. The summed E-state index contributed by atoms with van der Waals surface area (Å²) in [6.45, 7) is 5.15. The van der Waals surface area contributed by atoms with Gasteiger partial charge in [-0.3, -0.25) is 4.79 Å². The van der Waals surface area contributed by atoms with E-state index in [0.717, 1.165) is 5.56 Å². The van der Waals surface area contributed by atoms with Crippen LogP contribution in [0.5, 0.6) is 0 Å². The highest BCUT2D eigenvalue weighted by molar-refractivity contribution is 5.85. The molecule has 1 aromatic heterocycles. The number of carbonyl (C=O) groups is 2. The van der Waals surface area contributed by atoms with Crippen LogP contribution in [0.4, 0.5) is 5.69 Å². The van der Waals surface area contributed by atoms with Crippen molar-refractivity contribution in [2.24, 2.45) is 0 Å². The number of nitrogens with zero attached hydrogens (tertiary/aromatic N) is 3. The van der Waals surface area contributed by atoms with Gasteiger partial charge in [-0.2, -0.15) is 5.26 Å². The first kappa shape index (κ1) is 23.5. The minimum atomic E-state index is -1.03. The van der Waals surface area contributed by atoms with Crippen LogP contribution < -0.4 is 4.90 Å². The molecule has 0 saturated carbocycles. The molecule has 0 aliphatic heterocycles. The molecule has 8 nitrogen and oxygen atoms in total. The lowest BCUT2D eigenvalue weighted by atomic mass is 10.1. The van der Waals surface area contributed by atoms with Gasteiger partial charge in [0.2, 0.25) is 0 Å². The van der Waals surface area contributed by atoms with E-state index >= 15 is 0 Å². The number of hydrogen-bond acceptors (Lipinski definition) is 7. The molecule has 1 atom stereocenters. The molecule has 0 spiro atoms. The maximum atomic E-state index is 13.3. The Morgan fingerprint density at radius 1 is 1.15 bits per heavy atom. The van der Waals surface area contributed by atoms with E-state index in [1.807, 2.05) is 30.3 Å². The van der Waals surface area contributed by atoms with Gasteiger partial charge < -0.3 is 19.4 Å². The molecule has 0 fully saturated rings. The highest BCUT2D eigenvalue weighted by Gasteiger charge is 2.35. The first-order chi connectivity index (χ1) is 15.8. The molecule has 0 radical (unpaired) electrons. The zero-order chi connectivity index (χ0) is 23.8. The number of nitrogens with one attached hydrogen (secondary N) is 1. The third-order valence-electron chi connectivity index (χ3n) is 4.59. The molecule has 0 amide bonds. The van der Waals surface area contributed by atoms with Crippen LogP contribution in [0.3, 0.4) is 0 Å². The molecule has 0 bridgehead atoms. The number of imidazole rings is 1. The number of hydrogen-bond donors (Lipinski definition) is 1. The molecule has 1 unspecified atom stereocenters. The summed E-state index contributed by atoms with van der Waals surface area (Å²) in [4.78, 5) is 34.7. The van der Waals surface area contributed by atoms with E-state index in [-0.39, 0.29) is 13.2 Å². The van der Waals surface area contributed by atoms with Gasteiger partial charge in [0.15, 0.2) is 6.04 Å². The number of aromatic amines is 1. The predicted molar refractivity (Wildman–Crippen MR) is 122 cm³/mol. The van der Waals surface area contributed by atoms with E-state index in [0.29, 0.717) is 16.9 Å². The maximum Gasteiger partial charge on any atom is 0.335 e. The van der Waals surface area contributed by atoms with Crippen LogP contribution in [-0.2, 0) is 25.7 Å². The Kier molecular flexibility index (Phi) is 7.46. The van der Waals surface area contributed by atoms with Crippen LogP contribution in [0.15, 0.2) is 67.1 Å². The van der Waals surface area contributed by atoms with Crippen molar-refractivity contribution in [1.82, 2.24) is 9.97 Å². The van der Waals surface area contributed by atoms with E-state index in [2.05, 4.69) is 16.0 Å². The molecule has 1 N–H and O–H groups in total. The Labute approximate surface area is 192 Å². The lowest BCUT2D eigenvalue weighted by Crippen LogP contribution is -2.41. The Bertz CT molecular complexity index is 1120. The third kappa shape index (κ3) is 6.68. The average Bonchev–Trinajstić information content (AvgIpc) is 3.31. The van der Waals surface area contributed by atoms with Crippen molar-refractivity contribution in [3.05, 3.63) is 83.9 Å². The van der Waals surface area contributed by atoms with Crippen molar-refractivity contribution in [3.8, 4) is 6.07 Å². The van der Waals surface area contributed by atoms with E-state index in [1.54, 1.807) is 56.1 Å². The van der Waals surface area contributed by atoms with Crippen molar-refractivity contribution in [2.75, 3.05) is 11.4 Å². The Morgan fingerprint density at radius 3 is 2.55 bits per heavy atom. The van der Waals surface area contributed by atoms with Gasteiger partial charge in [0, 0.05) is 11.9 Å². The van der Waals surface area contributed by atoms with Crippen molar-refractivity contribution in [3.63, 3.8) is 0 Å². The highest BCUT2D eigenvalue weighted by atomic mass is 16.6. The van der Waals surface area contributed by atoms with Gasteiger partial charge in [0.05, 0.1) is 23.7 Å². The van der Waals surface area contributed by atoms with E-state index in [4.69, 9.17) is 9.47 Å². The van der Waals surface area contributed by atoms with Crippen LogP contribution in [-0.4, -0.2) is 34.1 Å². The summed E-state index contributed by atoms with van der Waals surface area (Å²) in [6, 6.07) is 17.0. The van der Waals surface area contributed by atoms with Crippen LogP contribution >= 0.6 is 0 Å². The minimum absolute atomic E-state index is 0.102. The molecule has 3 aromatic rings. The van der Waals surface area contributed by atoms with E-state index in [9.17, 15) is 14.9 Å². The fourth-order valence-corrected chi connectivity index (χ4v) is 3.20. The lowest BCUT2D eigenvalue weighted by molar-refractivity contribution is -0.157. The lowest BCUT2D eigenvalue weighted by Gasteiger charge is -2.32. The van der Waals surface area contributed by atoms with Crippen LogP contribution in [0, 0.1) is 11.3 Å². The second kappa shape index (κ2) is 10.5. The average molecular weight is 447 g/mol. The number of nitriles is 1. The van der Waals surface area contributed by atoms with E-state index in [1.165, 1.54) is 6.33 Å². The summed E-state index contributed by atoms with van der Waals surface area (Å²) >= 11 is 0. The number of anilines is 1. The first-order valence-corrected chi connectivity index (χ1v) is 10.4. The first-order valence-electron chi connectivity index (χ1n) is 10.4. The van der Waals surface area contributed by atoms with Crippen molar-refractivity contribution in [2.45, 2.75) is 39.0 Å². The molecule has 33 heavy (non-hydrogen) atoms. The molecule has 3 rings (SSSR count). The summed E-state index contributed by atoms with van der Waals surface area (Å²) in [5, 5.41) is 9.35. The summed E-state index contributed by atoms with van der Waals surface area (Å²) in [6.07, 6.45) is 3.02. The fraction of sp³-hybridized carbons (Fsp3) is 0.280. The number of carbonyl (C=O) groups excluding carboxylic acids is 2. The second-order valence-corrected chi connectivity index (χ2v) is 8.37. The summed E-state index contributed by atoms with van der Waals surface area (Å²) in [5.41, 5.74) is 1.35. The third-order valence-corrected chi connectivity index (χ3v) is 4.59. The molecule has 1 heterocycles. The number of ether oxygens (including phenoxy) is 2. The minimum Gasteiger partial charge on any atom is -0.459 e. The maximum absolute atomic E-state index is 13.3. The van der Waals surface area contributed by atoms with Crippen LogP contribution in [0.25, 0.3) is 0 Å². The molecule has 8 heteroatoms. The Hall–Kier alpha value is -4.12. The Balaban J connectivity index is 1.94. The number of benzene rings is 2. The SMILES string of the molecule is CC(C)(C)OC(=O)C(c1c[nH]cn1)N(CC(=O)OCc1ccccc1)c1cccc(C#N)c1. The van der Waals surface area contributed by atoms with Gasteiger partial charge in [-0.05, 0) is 44.5 Å². The molecular weight excluding hydrogens is 420 g/mol. The fourth-order valence-electron chi connectivity index (χ4n) is 3.20. The zero-order valence-corrected chi connectivity index (χ0v) is 18.8. The van der Waals surface area contributed by atoms with Gasteiger partial charge in [0.1, 0.15) is 18.8 Å². The van der Waals surface area contributed by atoms with Gasteiger partial charge >= 0.3 is 11.9 Å². The van der Waals surface area contributed by atoms with Crippen LogP contribution in [0.1, 0.15) is 43.6 Å². The monoisotopic (exact) mass is 446 g/mol. The summed E-state index contributed by atoms with van der Waals surface area (Å²) in [7, 11) is 0. The number of H-pyrrole nitrogens is 1. The molecule has 0 aliphatic rings. The normalized spacial score (nSPS) is 11.8.